The highest BCUT2D eigenvalue weighted by molar-refractivity contribution is 7.89. The monoisotopic (exact) mass is 478 g/mol. The predicted octanol–water partition coefficient (Wildman–Crippen LogP) is 4.64. The highest BCUT2D eigenvalue weighted by Gasteiger charge is 2.29. The van der Waals surface area contributed by atoms with E-state index in [1.165, 1.54) is 5.56 Å². The molecule has 0 fully saturated rings. The molecule has 0 saturated carbocycles. The van der Waals surface area contributed by atoms with E-state index in [4.69, 9.17) is 0 Å². The Morgan fingerprint density at radius 2 is 1.38 bits per heavy atom. The third-order valence-electron chi connectivity index (χ3n) is 5.87. The Hall–Kier alpha value is -2.96. The van der Waals surface area contributed by atoms with E-state index in [1.54, 1.807) is 13.8 Å². The average molecular weight is 479 g/mol. The van der Waals surface area contributed by atoms with Gasteiger partial charge in [-0.05, 0) is 69.2 Å². The molecule has 2 atom stereocenters. The van der Waals surface area contributed by atoms with Crippen LogP contribution in [0.4, 0.5) is 0 Å². The van der Waals surface area contributed by atoms with Crippen molar-refractivity contribution in [2.45, 2.75) is 63.9 Å². The van der Waals surface area contributed by atoms with E-state index in [9.17, 15) is 13.2 Å². The van der Waals surface area contributed by atoms with Crippen LogP contribution in [-0.2, 0) is 27.7 Å². The molecule has 2 N–H and O–H groups in total. The van der Waals surface area contributed by atoms with E-state index in [0.29, 0.717) is 11.1 Å². The fourth-order valence-electron chi connectivity index (χ4n) is 4.32. The molecule has 3 aromatic carbocycles. The van der Waals surface area contributed by atoms with E-state index in [1.807, 2.05) is 74.5 Å². The molecule has 180 valence electrons. The second-order valence-electron chi connectivity index (χ2n) is 9.03. The number of benzene rings is 3. The minimum absolute atomic E-state index is 0.0988. The average Bonchev–Trinajstić information content (AvgIpc) is 2.77. The molecule has 5 nitrogen and oxygen atoms in total. The van der Waals surface area contributed by atoms with Crippen molar-refractivity contribution in [3.63, 3.8) is 0 Å². The van der Waals surface area contributed by atoms with Crippen LogP contribution in [0.2, 0.25) is 0 Å². The van der Waals surface area contributed by atoms with Gasteiger partial charge in [-0.15, -0.1) is 0 Å². The minimum Gasteiger partial charge on any atom is -0.352 e. The molecule has 0 aliphatic rings. The second kappa shape index (κ2) is 11.4. The molecule has 34 heavy (non-hydrogen) atoms. The molecule has 0 radical (unpaired) electrons. The molecular weight excluding hydrogens is 444 g/mol. The van der Waals surface area contributed by atoms with E-state index in [0.717, 1.165) is 24.0 Å². The van der Waals surface area contributed by atoms with Gasteiger partial charge in [0.15, 0.2) is 0 Å². The summed E-state index contributed by atoms with van der Waals surface area (Å²) in [5.74, 6) is -0.324. The fraction of sp³-hybridized carbons (Fsp3) is 0.321. The normalized spacial score (nSPS) is 13.3. The second-order valence-corrected chi connectivity index (χ2v) is 10.7. The molecule has 3 aromatic rings. The van der Waals surface area contributed by atoms with E-state index >= 15 is 0 Å². The van der Waals surface area contributed by atoms with Crippen LogP contribution in [0.1, 0.15) is 41.2 Å². The number of hydrogen-bond acceptors (Lipinski definition) is 3. The summed E-state index contributed by atoms with van der Waals surface area (Å²) in [7, 11) is -3.90. The Labute approximate surface area is 203 Å². The van der Waals surface area contributed by atoms with Gasteiger partial charge in [-0.3, -0.25) is 4.79 Å². The first-order valence-corrected chi connectivity index (χ1v) is 13.1. The molecular formula is C28H34N2O3S. The third kappa shape index (κ3) is 7.02. The quantitative estimate of drug-likeness (QED) is 0.446. The molecule has 0 aromatic heterocycles. The topological polar surface area (TPSA) is 75.3 Å². The zero-order valence-corrected chi connectivity index (χ0v) is 21.2. The Kier molecular flexibility index (Phi) is 8.64. The van der Waals surface area contributed by atoms with E-state index in [-0.39, 0.29) is 23.3 Å². The molecule has 0 aliphatic carbocycles. The molecule has 0 spiro atoms. The fourth-order valence-corrected chi connectivity index (χ4v) is 5.97. The lowest BCUT2D eigenvalue weighted by molar-refractivity contribution is -0.123. The van der Waals surface area contributed by atoms with Crippen molar-refractivity contribution in [2.75, 3.05) is 0 Å². The van der Waals surface area contributed by atoms with Crippen LogP contribution in [-0.4, -0.2) is 26.4 Å². The largest absolute Gasteiger partial charge is 0.352 e. The Balaban J connectivity index is 1.78. The number of hydrogen-bond donors (Lipinski definition) is 2. The van der Waals surface area contributed by atoms with Crippen molar-refractivity contribution in [3.8, 4) is 0 Å². The lowest BCUT2D eigenvalue weighted by Gasteiger charge is -2.23. The van der Waals surface area contributed by atoms with Crippen molar-refractivity contribution in [1.29, 1.82) is 0 Å². The molecule has 1 amide bonds. The van der Waals surface area contributed by atoms with Crippen LogP contribution in [0.5, 0.6) is 0 Å². The van der Waals surface area contributed by atoms with Gasteiger partial charge in [0.2, 0.25) is 15.9 Å². The van der Waals surface area contributed by atoms with Gasteiger partial charge < -0.3 is 5.32 Å². The van der Waals surface area contributed by atoms with Gasteiger partial charge in [0, 0.05) is 6.04 Å². The van der Waals surface area contributed by atoms with Gasteiger partial charge in [0.1, 0.15) is 6.04 Å². The highest BCUT2D eigenvalue weighted by atomic mass is 32.2. The number of aryl methyl sites for hydroxylation is 4. The summed E-state index contributed by atoms with van der Waals surface area (Å²) in [6.07, 6.45) is 1.86. The maximum Gasteiger partial charge on any atom is 0.241 e. The Morgan fingerprint density at radius 1 is 0.853 bits per heavy atom. The van der Waals surface area contributed by atoms with Crippen LogP contribution in [0.3, 0.4) is 0 Å². The number of carbonyl (C=O) groups is 1. The minimum atomic E-state index is -3.90. The summed E-state index contributed by atoms with van der Waals surface area (Å²) in [5, 5.41) is 3.02. The van der Waals surface area contributed by atoms with Gasteiger partial charge in [-0.2, -0.15) is 4.72 Å². The number of amides is 1. The Bertz CT molecular complexity index is 1190. The first-order chi connectivity index (χ1) is 16.2. The highest BCUT2D eigenvalue weighted by Crippen LogP contribution is 2.22. The number of nitrogens with one attached hydrogen (secondary N) is 2. The molecule has 6 heteroatoms. The summed E-state index contributed by atoms with van der Waals surface area (Å²) in [6, 6.07) is 22.2. The van der Waals surface area contributed by atoms with E-state index < -0.39 is 16.1 Å². The van der Waals surface area contributed by atoms with Gasteiger partial charge in [-0.25, -0.2) is 8.42 Å². The Morgan fingerprint density at radius 3 is 1.94 bits per heavy atom. The smallest absolute Gasteiger partial charge is 0.241 e. The lowest BCUT2D eigenvalue weighted by Crippen LogP contribution is -2.50. The van der Waals surface area contributed by atoms with Crippen LogP contribution < -0.4 is 10.0 Å². The van der Waals surface area contributed by atoms with Crippen LogP contribution in [0, 0.1) is 20.8 Å². The summed E-state index contributed by atoms with van der Waals surface area (Å²) < 4.78 is 29.5. The number of sulfonamides is 1. The van der Waals surface area contributed by atoms with Crippen molar-refractivity contribution < 1.29 is 13.2 Å². The first-order valence-electron chi connectivity index (χ1n) is 11.6. The maximum absolute atomic E-state index is 13.4. The van der Waals surface area contributed by atoms with Crippen molar-refractivity contribution in [1.82, 2.24) is 10.0 Å². The van der Waals surface area contributed by atoms with Gasteiger partial charge in [-0.1, -0.05) is 78.4 Å². The molecule has 3 rings (SSSR count). The van der Waals surface area contributed by atoms with Gasteiger partial charge in [0.25, 0.3) is 0 Å². The summed E-state index contributed by atoms with van der Waals surface area (Å²) in [4.78, 5) is 13.5. The third-order valence-corrected chi connectivity index (χ3v) is 7.64. The van der Waals surface area contributed by atoms with Crippen LogP contribution in [0.15, 0.2) is 77.7 Å². The first kappa shape index (κ1) is 25.7. The summed E-state index contributed by atoms with van der Waals surface area (Å²) in [5.41, 5.74) is 4.43. The van der Waals surface area contributed by atoms with E-state index in [2.05, 4.69) is 22.2 Å². The predicted molar refractivity (Wildman–Crippen MR) is 137 cm³/mol. The molecule has 0 saturated heterocycles. The zero-order chi connectivity index (χ0) is 24.7. The summed E-state index contributed by atoms with van der Waals surface area (Å²) >= 11 is 0. The SMILES string of the molecule is Cc1cc(C)c(S(=O)(=O)N[C@@H](Cc2ccccc2)C(=O)N[C@H](C)CCc2ccccc2)c(C)c1. The van der Waals surface area contributed by atoms with Gasteiger partial charge in [0.05, 0.1) is 4.90 Å². The molecule has 0 bridgehead atoms. The molecule has 0 aliphatic heterocycles. The molecule has 0 heterocycles. The zero-order valence-electron chi connectivity index (χ0n) is 20.3. The van der Waals surface area contributed by atoms with Crippen molar-refractivity contribution >= 4 is 15.9 Å². The standard InChI is InChI=1S/C28H34N2O3S/c1-20-17-21(2)27(22(3)18-20)34(32,33)30-26(19-25-13-9-6-10-14-25)28(31)29-23(4)15-16-24-11-7-5-8-12-24/h5-14,17-18,23,26,30H,15-16,19H2,1-4H3,(H,29,31)/t23-,26+/m1/s1. The van der Waals surface area contributed by atoms with Crippen LogP contribution in [0.25, 0.3) is 0 Å². The number of carbonyl (C=O) groups excluding carboxylic acids is 1. The summed E-state index contributed by atoms with van der Waals surface area (Å²) in [6.45, 7) is 7.45. The van der Waals surface area contributed by atoms with Crippen LogP contribution >= 0.6 is 0 Å². The lowest BCUT2D eigenvalue weighted by atomic mass is 10.0. The maximum atomic E-state index is 13.4. The molecule has 0 unspecified atom stereocenters. The van der Waals surface area contributed by atoms with Crippen molar-refractivity contribution in [3.05, 3.63) is 101 Å². The van der Waals surface area contributed by atoms with Crippen molar-refractivity contribution in [2.24, 2.45) is 0 Å². The number of rotatable bonds is 10. The van der Waals surface area contributed by atoms with Gasteiger partial charge >= 0.3 is 0 Å².